The van der Waals surface area contributed by atoms with E-state index >= 15 is 0 Å². The van der Waals surface area contributed by atoms with Gasteiger partial charge in [0.1, 0.15) is 5.15 Å². The number of halogens is 1. The van der Waals surface area contributed by atoms with Crippen LogP contribution in [0, 0.1) is 5.92 Å². The standard InChI is InChI=1S/C12H16ClN3O2/c1-18-7-8-2-3-16(6-8)12(17)9-4-11(13)15-5-10(9)14/h4-5,8H,2-3,6-7,14H2,1H3. The lowest BCUT2D eigenvalue weighted by molar-refractivity contribution is 0.0776. The third-order valence-electron chi connectivity index (χ3n) is 3.11. The Hall–Kier alpha value is -1.33. The van der Waals surface area contributed by atoms with E-state index in [1.807, 2.05) is 0 Å². The smallest absolute Gasteiger partial charge is 0.256 e. The monoisotopic (exact) mass is 269 g/mol. The second-order valence-electron chi connectivity index (χ2n) is 4.46. The Morgan fingerprint density at radius 2 is 2.50 bits per heavy atom. The zero-order valence-corrected chi connectivity index (χ0v) is 11.0. The highest BCUT2D eigenvalue weighted by molar-refractivity contribution is 6.29. The number of pyridine rings is 1. The van der Waals surface area contributed by atoms with E-state index in [2.05, 4.69) is 4.98 Å². The summed E-state index contributed by atoms with van der Waals surface area (Å²) < 4.78 is 5.11. The molecule has 2 rings (SSSR count). The van der Waals surface area contributed by atoms with Gasteiger partial charge in [0, 0.05) is 26.1 Å². The number of likely N-dealkylation sites (tertiary alicyclic amines) is 1. The maximum Gasteiger partial charge on any atom is 0.256 e. The fourth-order valence-corrected chi connectivity index (χ4v) is 2.34. The van der Waals surface area contributed by atoms with Gasteiger partial charge in [-0.25, -0.2) is 4.98 Å². The van der Waals surface area contributed by atoms with Crippen molar-refractivity contribution in [2.45, 2.75) is 6.42 Å². The molecule has 1 aliphatic rings. The van der Waals surface area contributed by atoms with E-state index in [1.54, 1.807) is 12.0 Å². The minimum atomic E-state index is -0.0876. The summed E-state index contributed by atoms with van der Waals surface area (Å²) in [6, 6.07) is 1.52. The van der Waals surface area contributed by atoms with Crippen LogP contribution in [0.1, 0.15) is 16.8 Å². The van der Waals surface area contributed by atoms with E-state index in [-0.39, 0.29) is 11.1 Å². The summed E-state index contributed by atoms with van der Waals surface area (Å²) in [7, 11) is 1.67. The van der Waals surface area contributed by atoms with Gasteiger partial charge in [-0.15, -0.1) is 0 Å². The van der Waals surface area contributed by atoms with Gasteiger partial charge in [0.25, 0.3) is 5.91 Å². The molecule has 2 heterocycles. The highest BCUT2D eigenvalue weighted by atomic mass is 35.5. The van der Waals surface area contributed by atoms with Crippen LogP contribution >= 0.6 is 11.6 Å². The Kier molecular flexibility index (Phi) is 4.04. The van der Waals surface area contributed by atoms with Gasteiger partial charge in [0.2, 0.25) is 0 Å². The molecule has 2 N–H and O–H groups in total. The number of anilines is 1. The van der Waals surface area contributed by atoms with E-state index in [0.29, 0.717) is 30.3 Å². The number of hydrogen-bond donors (Lipinski definition) is 1. The number of amides is 1. The third kappa shape index (κ3) is 2.73. The van der Waals surface area contributed by atoms with Crippen molar-refractivity contribution in [1.29, 1.82) is 0 Å². The van der Waals surface area contributed by atoms with E-state index in [9.17, 15) is 4.79 Å². The zero-order valence-electron chi connectivity index (χ0n) is 10.2. The van der Waals surface area contributed by atoms with Crippen LogP contribution in [-0.2, 0) is 4.74 Å². The molecule has 0 aromatic carbocycles. The number of rotatable bonds is 3. The summed E-state index contributed by atoms with van der Waals surface area (Å²) in [5, 5.41) is 0.278. The number of nitrogens with two attached hydrogens (primary N) is 1. The maximum absolute atomic E-state index is 12.3. The molecule has 0 spiro atoms. The van der Waals surface area contributed by atoms with Crippen molar-refractivity contribution < 1.29 is 9.53 Å². The Bertz CT molecular complexity index is 453. The zero-order chi connectivity index (χ0) is 13.1. The molecular weight excluding hydrogens is 254 g/mol. The lowest BCUT2D eigenvalue weighted by atomic mass is 10.1. The largest absolute Gasteiger partial charge is 0.397 e. The molecule has 0 bridgehead atoms. The Morgan fingerprint density at radius 1 is 1.72 bits per heavy atom. The molecular formula is C12H16ClN3O2. The lowest BCUT2D eigenvalue weighted by Crippen LogP contribution is -2.30. The molecule has 1 unspecified atom stereocenters. The molecule has 18 heavy (non-hydrogen) atoms. The van der Waals surface area contributed by atoms with Crippen LogP contribution in [0.25, 0.3) is 0 Å². The first-order valence-electron chi connectivity index (χ1n) is 5.81. The average Bonchev–Trinajstić information content (AvgIpc) is 2.80. The summed E-state index contributed by atoms with van der Waals surface area (Å²) in [4.78, 5) is 17.9. The number of ether oxygens (including phenoxy) is 1. The van der Waals surface area contributed by atoms with Crippen LogP contribution in [0.5, 0.6) is 0 Å². The van der Waals surface area contributed by atoms with Crippen molar-refractivity contribution in [1.82, 2.24) is 9.88 Å². The van der Waals surface area contributed by atoms with Crippen LogP contribution in [0.4, 0.5) is 5.69 Å². The lowest BCUT2D eigenvalue weighted by Gasteiger charge is -2.17. The summed E-state index contributed by atoms with van der Waals surface area (Å²) >= 11 is 5.79. The van der Waals surface area contributed by atoms with Gasteiger partial charge >= 0.3 is 0 Å². The molecule has 0 aliphatic carbocycles. The van der Waals surface area contributed by atoms with Gasteiger partial charge in [-0.05, 0) is 12.5 Å². The molecule has 98 valence electrons. The summed E-state index contributed by atoms with van der Waals surface area (Å²) in [6.45, 7) is 2.11. The fraction of sp³-hybridized carbons (Fsp3) is 0.500. The van der Waals surface area contributed by atoms with Gasteiger partial charge in [0.15, 0.2) is 0 Å². The molecule has 5 nitrogen and oxygen atoms in total. The first kappa shape index (κ1) is 13.1. The van der Waals surface area contributed by atoms with Gasteiger partial charge in [-0.2, -0.15) is 0 Å². The van der Waals surface area contributed by atoms with Crippen molar-refractivity contribution in [2.24, 2.45) is 5.92 Å². The van der Waals surface area contributed by atoms with Crippen molar-refractivity contribution in [3.63, 3.8) is 0 Å². The number of nitrogen functional groups attached to an aromatic ring is 1. The van der Waals surface area contributed by atoms with Crippen molar-refractivity contribution in [3.05, 3.63) is 23.0 Å². The molecule has 1 aromatic rings. The molecule has 6 heteroatoms. The molecule has 1 saturated heterocycles. The molecule has 1 fully saturated rings. The Labute approximate surface area is 111 Å². The molecule has 0 radical (unpaired) electrons. The van der Waals surface area contributed by atoms with Crippen molar-refractivity contribution >= 4 is 23.2 Å². The fourth-order valence-electron chi connectivity index (χ4n) is 2.18. The quantitative estimate of drug-likeness (QED) is 0.843. The topological polar surface area (TPSA) is 68.5 Å². The molecule has 1 aromatic heterocycles. The predicted molar refractivity (Wildman–Crippen MR) is 69.5 cm³/mol. The number of nitrogens with zero attached hydrogens (tertiary/aromatic N) is 2. The summed E-state index contributed by atoms with van der Waals surface area (Å²) in [6.07, 6.45) is 2.37. The van der Waals surface area contributed by atoms with Crippen LogP contribution < -0.4 is 5.73 Å². The molecule has 1 atom stereocenters. The van der Waals surface area contributed by atoms with E-state index in [4.69, 9.17) is 22.1 Å². The summed E-state index contributed by atoms with van der Waals surface area (Å²) in [5.74, 6) is 0.313. The molecule has 0 saturated carbocycles. The first-order valence-corrected chi connectivity index (χ1v) is 6.19. The van der Waals surface area contributed by atoms with Gasteiger partial charge in [-0.1, -0.05) is 11.6 Å². The normalized spacial score (nSPS) is 19.2. The van der Waals surface area contributed by atoms with E-state index < -0.39 is 0 Å². The number of carbonyl (C=O) groups excluding carboxylic acids is 1. The second-order valence-corrected chi connectivity index (χ2v) is 4.84. The van der Waals surface area contributed by atoms with Gasteiger partial charge < -0.3 is 15.4 Å². The van der Waals surface area contributed by atoms with Crippen LogP contribution in [0.2, 0.25) is 5.15 Å². The number of carbonyl (C=O) groups is 1. The number of aromatic nitrogens is 1. The second kappa shape index (κ2) is 5.54. The highest BCUT2D eigenvalue weighted by Gasteiger charge is 2.27. The Balaban J connectivity index is 2.10. The SMILES string of the molecule is COCC1CCN(C(=O)c2cc(Cl)ncc2N)C1. The average molecular weight is 270 g/mol. The first-order chi connectivity index (χ1) is 8.61. The highest BCUT2D eigenvalue weighted by Crippen LogP contribution is 2.22. The number of hydrogen-bond acceptors (Lipinski definition) is 4. The number of methoxy groups -OCH3 is 1. The van der Waals surface area contributed by atoms with E-state index in [0.717, 1.165) is 13.0 Å². The Morgan fingerprint density at radius 3 is 3.22 bits per heavy atom. The molecule has 1 aliphatic heterocycles. The minimum Gasteiger partial charge on any atom is -0.397 e. The van der Waals surface area contributed by atoms with E-state index in [1.165, 1.54) is 12.3 Å². The molecule has 1 amide bonds. The maximum atomic E-state index is 12.3. The van der Waals surface area contributed by atoms with Gasteiger partial charge in [-0.3, -0.25) is 4.79 Å². The van der Waals surface area contributed by atoms with Crippen LogP contribution in [-0.4, -0.2) is 42.6 Å². The van der Waals surface area contributed by atoms with Crippen LogP contribution in [0.15, 0.2) is 12.3 Å². The minimum absolute atomic E-state index is 0.0876. The third-order valence-corrected chi connectivity index (χ3v) is 3.31. The van der Waals surface area contributed by atoms with Gasteiger partial charge in [0.05, 0.1) is 24.1 Å². The predicted octanol–water partition coefficient (Wildman–Crippen LogP) is 1.43. The van der Waals surface area contributed by atoms with Crippen molar-refractivity contribution in [2.75, 3.05) is 32.5 Å². The van der Waals surface area contributed by atoms with Crippen LogP contribution in [0.3, 0.4) is 0 Å². The van der Waals surface area contributed by atoms with Crippen molar-refractivity contribution in [3.8, 4) is 0 Å². The summed E-state index contributed by atoms with van der Waals surface area (Å²) in [5.41, 5.74) is 6.54.